The van der Waals surface area contributed by atoms with Crippen LogP contribution >= 0.6 is 15.9 Å². The summed E-state index contributed by atoms with van der Waals surface area (Å²) in [7, 11) is 0. The second-order valence-electron chi connectivity index (χ2n) is 5.09. The molecule has 0 aliphatic rings. The lowest BCUT2D eigenvalue weighted by molar-refractivity contribution is 0.610. The molecule has 3 aromatic carbocycles. The zero-order valence-corrected chi connectivity index (χ0v) is 13.0. The van der Waals surface area contributed by atoms with E-state index in [1.807, 2.05) is 24.3 Å². The molecule has 3 aromatic rings. The van der Waals surface area contributed by atoms with E-state index in [1.165, 1.54) is 22.4 Å². The van der Waals surface area contributed by atoms with Gasteiger partial charge in [0.2, 0.25) is 0 Å². The molecule has 3 rings (SSSR count). The zero-order valence-electron chi connectivity index (χ0n) is 11.4. The highest BCUT2D eigenvalue weighted by molar-refractivity contribution is 9.10. The average molecular weight is 344 g/mol. The maximum absolute atomic E-state index is 13.6. The molecule has 1 atom stereocenters. The lowest BCUT2D eigenvalue weighted by atomic mass is 9.95. The Hall–Kier alpha value is -1.71. The van der Waals surface area contributed by atoms with Gasteiger partial charge in [-0.1, -0.05) is 54.6 Å². The van der Waals surface area contributed by atoms with Gasteiger partial charge in [-0.15, -0.1) is 0 Å². The van der Waals surface area contributed by atoms with E-state index < -0.39 is 0 Å². The van der Waals surface area contributed by atoms with Gasteiger partial charge in [-0.3, -0.25) is 0 Å². The summed E-state index contributed by atoms with van der Waals surface area (Å²) in [5.74, 6) is -0.277. The van der Waals surface area contributed by atoms with Gasteiger partial charge >= 0.3 is 0 Å². The molecule has 0 amide bonds. The van der Waals surface area contributed by atoms with Crippen molar-refractivity contribution in [2.24, 2.45) is 5.73 Å². The van der Waals surface area contributed by atoms with E-state index in [9.17, 15) is 4.39 Å². The van der Waals surface area contributed by atoms with Crippen LogP contribution in [0.15, 0.2) is 65.1 Å². The summed E-state index contributed by atoms with van der Waals surface area (Å²) < 4.78 is 14.1. The van der Waals surface area contributed by atoms with Gasteiger partial charge in [0.1, 0.15) is 5.82 Å². The van der Waals surface area contributed by atoms with E-state index in [0.29, 0.717) is 10.9 Å². The lowest BCUT2D eigenvalue weighted by Gasteiger charge is -2.16. The number of fused-ring (bicyclic) bond motifs is 1. The third-order valence-electron chi connectivity index (χ3n) is 3.70. The molecule has 1 unspecified atom stereocenters. The predicted molar refractivity (Wildman–Crippen MR) is 88.7 cm³/mol. The van der Waals surface area contributed by atoms with Gasteiger partial charge in [0.15, 0.2) is 0 Å². The van der Waals surface area contributed by atoms with Crippen LogP contribution in [0.5, 0.6) is 0 Å². The minimum Gasteiger partial charge on any atom is -0.324 e. The van der Waals surface area contributed by atoms with Crippen molar-refractivity contribution in [3.8, 4) is 0 Å². The number of nitrogens with two attached hydrogens (primary N) is 1. The average Bonchev–Trinajstić information content (AvgIpc) is 2.50. The second kappa shape index (κ2) is 5.96. The van der Waals surface area contributed by atoms with Crippen LogP contribution in [0, 0.1) is 5.82 Å². The summed E-state index contributed by atoms with van der Waals surface area (Å²) in [6.07, 6.45) is 0.670. The highest BCUT2D eigenvalue weighted by Gasteiger charge is 2.14. The Morgan fingerprint density at radius 3 is 2.52 bits per heavy atom. The quantitative estimate of drug-likeness (QED) is 0.712. The van der Waals surface area contributed by atoms with Crippen LogP contribution in [0.4, 0.5) is 4.39 Å². The highest BCUT2D eigenvalue weighted by atomic mass is 79.9. The van der Waals surface area contributed by atoms with E-state index in [4.69, 9.17) is 5.73 Å². The van der Waals surface area contributed by atoms with Crippen LogP contribution in [-0.4, -0.2) is 0 Å². The largest absolute Gasteiger partial charge is 0.324 e. The predicted octanol–water partition coefficient (Wildman–Crippen LogP) is 4.98. The number of rotatable bonds is 3. The Balaban J connectivity index is 1.97. The van der Waals surface area contributed by atoms with E-state index in [0.717, 1.165) is 5.56 Å². The molecule has 1 nitrogen and oxygen atoms in total. The Morgan fingerprint density at radius 2 is 1.67 bits per heavy atom. The van der Waals surface area contributed by atoms with Crippen molar-refractivity contribution in [2.75, 3.05) is 0 Å². The van der Waals surface area contributed by atoms with Gasteiger partial charge < -0.3 is 5.73 Å². The van der Waals surface area contributed by atoms with E-state index in [-0.39, 0.29) is 11.9 Å². The zero-order chi connectivity index (χ0) is 14.8. The molecular weight excluding hydrogens is 329 g/mol. The molecule has 0 heterocycles. The summed E-state index contributed by atoms with van der Waals surface area (Å²) in [4.78, 5) is 0. The fraction of sp³-hybridized carbons (Fsp3) is 0.111. The monoisotopic (exact) mass is 343 g/mol. The smallest absolute Gasteiger partial charge is 0.137 e. The Morgan fingerprint density at radius 1 is 0.952 bits per heavy atom. The number of benzene rings is 3. The molecule has 0 aliphatic carbocycles. The first kappa shape index (κ1) is 14.2. The first-order valence-electron chi connectivity index (χ1n) is 6.83. The Bertz CT molecular complexity index is 780. The number of hydrogen-bond acceptors (Lipinski definition) is 1. The number of hydrogen-bond donors (Lipinski definition) is 1. The SMILES string of the molecule is NC(Cc1cccc2ccccc12)c1cccc(F)c1Br. The van der Waals surface area contributed by atoms with Crippen molar-refractivity contribution in [3.05, 3.63) is 82.1 Å². The van der Waals surface area contributed by atoms with E-state index in [2.05, 4.69) is 40.2 Å². The van der Waals surface area contributed by atoms with Gasteiger partial charge in [0.25, 0.3) is 0 Å². The van der Waals surface area contributed by atoms with Crippen LogP contribution in [0.2, 0.25) is 0 Å². The molecule has 106 valence electrons. The van der Waals surface area contributed by atoms with Crippen molar-refractivity contribution in [1.82, 2.24) is 0 Å². The molecular formula is C18H15BrFN. The van der Waals surface area contributed by atoms with Gasteiger partial charge in [-0.2, -0.15) is 0 Å². The molecule has 2 N–H and O–H groups in total. The summed E-state index contributed by atoms with van der Waals surface area (Å²) in [6, 6.07) is 19.2. The topological polar surface area (TPSA) is 26.0 Å². The summed E-state index contributed by atoms with van der Waals surface area (Å²) >= 11 is 3.29. The molecule has 0 aliphatic heterocycles. The van der Waals surface area contributed by atoms with E-state index >= 15 is 0 Å². The normalized spacial score (nSPS) is 12.5. The third-order valence-corrected chi connectivity index (χ3v) is 4.54. The standard InChI is InChI=1S/C18H15BrFN/c19-18-15(9-4-10-16(18)20)17(21)11-13-7-3-6-12-5-1-2-8-14(12)13/h1-10,17H,11,21H2. The van der Waals surface area contributed by atoms with Gasteiger partial charge in [0, 0.05) is 6.04 Å². The second-order valence-corrected chi connectivity index (χ2v) is 5.88. The molecule has 0 bridgehead atoms. The minimum atomic E-state index is -0.277. The van der Waals surface area contributed by atoms with Crippen LogP contribution in [0.3, 0.4) is 0 Å². The van der Waals surface area contributed by atoms with Crippen molar-refractivity contribution < 1.29 is 4.39 Å². The van der Waals surface area contributed by atoms with E-state index in [1.54, 1.807) is 6.07 Å². The first-order chi connectivity index (χ1) is 10.2. The van der Waals surface area contributed by atoms with Crippen molar-refractivity contribution in [1.29, 1.82) is 0 Å². The summed E-state index contributed by atoms with van der Waals surface area (Å²) in [6.45, 7) is 0. The third kappa shape index (κ3) is 2.85. The highest BCUT2D eigenvalue weighted by Crippen LogP contribution is 2.29. The van der Waals surface area contributed by atoms with Crippen molar-refractivity contribution >= 4 is 26.7 Å². The summed E-state index contributed by atoms with van der Waals surface area (Å²) in [5.41, 5.74) is 8.26. The molecule has 0 fully saturated rings. The van der Waals surface area contributed by atoms with Gasteiger partial charge in [0.05, 0.1) is 4.47 Å². The molecule has 0 radical (unpaired) electrons. The van der Waals surface area contributed by atoms with Crippen molar-refractivity contribution in [2.45, 2.75) is 12.5 Å². The Kier molecular flexibility index (Phi) is 4.04. The molecule has 0 saturated carbocycles. The minimum absolute atomic E-state index is 0.249. The number of halogens is 2. The van der Waals surface area contributed by atoms with Crippen LogP contribution in [0.1, 0.15) is 17.2 Å². The maximum atomic E-state index is 13.6. The fourth-order valence-electron chi connectivity index (χ4n) is 2.62. The van der Waals surface area contributed by atoms with Crippen LogP contribution in [0.25, 0.3) is 10.8 Å². The Labute approximate surface area is 131 Å². The molecule has 0 aromatic heterocycles. The summed E-state index contributed by atoms with van der Waals surface area (Å²) in [5, 5.41) is 2.39. The first-order valence-corrected chi connectivity index (χ1v) is 7.62. The molecule has 0 spiro atoms. The fourth-order valence-corrected chi connectivity index (χ4v) is 3.18. The van der Waals surface area contributed by atoms with Gasteiger partial charge in [-0.05, 0) is 50.3 Å². The van der Waals surface area contributed by atoms with Crippen molar-refractivity contribution in [3.63, 3.8) is 0 Å². The van der Waals surface area contributed by atoms with Crippen LogP contribution < -0.4 is 5.73 Å². The molecule has 21 heavy (non-hydrogen) atoms. The van der Waals surface area contributed by atoms with Crippen LogP contribution in [-0.2, 0) is 6.42 Å². The lowest BCUT2D eigenvalue weighted by Crippen LogP contribution is -2.14. The van der Waals surface area contributed by atoms with Gasteiger partial charge in [-0.25, -0.2) is 4.39 Å². The molecule has 0 saturated heterocycles. The maximum Gasteiger partial charge on any atom is 0.137 e. The molecule has 3 heteroatoms.